The summed E-state index contributed by atoms with van der Waals surface area (Å²) in [6.45, 7) is 3.69. The summed E-state index contributed by atoms with van der Waals surface area (Å²) in [6, 6.07) is 1.53. The number of carbonyl (C=O) groups excluding carboxylic acids is 1. The molecule has 2 rings (SSSR count). The number of nitrogens with zero attached hydrogens (tertiary/aromatic N) is 2. The van der Waals surface area contributed by atoms with Gasteiger partial charge in [0.2, 0.25) is 5.88 Å². The van der Waals surface area contributed by atoms with E-state index in [9.17, 15) is 4.79 Å². The highest BCUT2D eigenvalue weighted by atomic mass is 16.5. The van der Waals surface area contributed by atoms with Gasteiger partial charge >= 0.3 is 5.97 Å². The Kier molecular flexibility index (Phi) is 5.17. The molecule has 0 amide bonds. The number of hydrogen-bond donors (Lipinski definition) is 1. The molecule has 1 aliphatic heterocycles. The van der Waals surface area contributed by atoms with Gasteiger partial charge in [0.05, 0.1) is 24.6 Å². The van der Waals surface area contributed by atoms with E-state index in [1.807, 2.05) is 0 Å². The third-order valence-electron chi connectivity index (χ3n) is 3.42. The topological polar surface area (TPSA) is 77.7 Å². The first-order chi connectivity index (χ1) is 9.70. The number of likely N-dealkylation sites (tertiary alicyclic amines) is 1. The van der Waals surface area contributed by atoms with E-state index in [4.69, 9.17) is 10.5 Å². The molecular formula is C14H21N3O3. The zero-order valence-electron chi connectivity index (χ0n) is 11.8. The molecule has 1 fully saturated rings. The van der Waals surface area contributed by atoms with Gasteiger partial charge < -0.3 is 15.2 Å². The molecule has 20 heavy (non-hydrogen) atoms. The summed E-state index contributed by atoms with van der Waals surface area (Å²) in [4.78, 5) is 18.0. The molecule has 0 spiro atoms. The van der Waals surface area contributed by atoms with Crippen molar-refractivity contribution in [3.8, 4) is 5.88 Å². The van der Waals surface area contributed by atoms with Gasteiger partial charge in [0.1, 0.15) is 6.61 Å². The summed E-state index contributed by atoms with van der Waals surface area (Å²) in [6.07, 6.45) is 5.25. The number of rotatable bonds is 5. The van der Waals surface area contributed by atoms with Crippen LogP contribution in [-0.4, -0.2) is 49.2 Å². The average molecular weight is 279 g/mol. The van der Waals surface area contributed by atoms with Crippen molar-refractivity contribution in [2.75, 3.05) is 39.1 Å². The van der Waals surface area contributed by atoms with E-state index in [2.05, 4.69) is 14.6 Å². The molecule has 0 bridgehead atoms. The molecule has 0 aromatic carbocycles. The van der Waals surface area contributed by atoms with Gasteiger partial charge in [-0.15, -0.1) is 0 Å². The maximum atomic E-state index is 11.5. The van der Waals surface area contributed by atoms with Crippen LogP contribution in [0.3, 0.4) is 0 Å². The van der Waals surface area contributed by atoms with Crippen LogP contribution in [0.1, 0.15) is 29.6 Å². The van der Waals surface area contributed by atoms with Gasteiger partial charge in [0, 0.05) is 12.6 Å². The first kappa shape index (κ1) is 14.6. The third-order valence-corrected chi connectivity index (χ3v) is 3.42. The van der Waals surface area contributed by atoms with E-state index in [0.717, 1.165) is 19.6 Å². The average Bonchev–Trinajstić information content (AvgIpc) is 2.49. The molecule has 0 saturated carbocycles. The molecule has 2 N–H and O–H groups in total. The second-order valence-corrected chi connectivity index (χ2v) is 4.85. The minimum absolute atomic E-state index is 0.287. The number of anilines is 1. The number of nitrogens with two attached hydrogens (primary N) is 1. The smallest absolute Gasteiger partial charge is 0.340 e. The Balaban J connectivity index is 1.87. The second-order valence-electron chi connectivity index (χ2n) is 4.85. The quantitative estimate of drug-likeness (QED) is 0.819. The molecule has 6 nitrogen and oxygen atoms in total. The number of esters is 1. The lowest BCUT2D eigenvalue weighted by Crippen LogP contribution is -2.33. The molecule has 1 saturated heterocycles. The Morgan fingerprint density at radius 2 is 2.15 bits per heavy atom. The van der Waals surface area contributed by atoms with Gasteiger partial charge in [-0.05, 0) is 25.9 Å². The molecule has 0 radical (unpaired) electrons. The molecule has 1 aliphatic rings. The summed E-state index contributed by atoms with van der Waals surface area (Å²) in [7, 11) is 1.32. The fourth-order valence-corrected chi connectivity index (χ4v) is 2.27. The molecule has 0 aliphatic carbocycles. The summed E-state index contributed by atoms with van der Waals surface area (Å²) in [5, 5.41) is 0. The maximum Gasteiger partial charge on any atom is 0.340 e. The van der Waals surface area contributed by atoms with Crippen molar-refractivity contribution >= 4 is 11.7 Å². The predicted octanol–water partition coefficient (Wildman–Crippen LogP) is 1.32. The molecule has 0 atom stereocenters. The van der Waals surface area contributed by atoms with Crippen LogP contribution >= 0.6 is 0 Å². The highest BCUT2D eigenvalue weighted by molar-refractivity contribution is 5.95. The second kappa shape index (κ2) is 7.09. The third kappa shape index (κ3) is 3.84. The molecule has 110 valence electrons. The van der Waals surface area contributed by atoms with E-state index >= 15 is 0 Å². The zero-order chi connectivity index (χ0) is 14.4. The predicted molar refractivity (Wildman–Crippen MR) is 75.8 cm³/mol. The number of carbonyl (C=O) groups is 1. The lowest BCUT2D eigenvalue weighted by atomic mass is 10.1. The van der Waals surface area contributed by atoms with E-state index in [-0.39, 0.29) is 5.56 Å². The number of methoxy groups -OCH3 is 1. The van der Waals surface area contributed by atoms with Crippen molar-refractivity contribution < 1.29 is 14.3 Å². The van der Waals surface area contributed by atoms with Crippen LogP contribution < -0.4 is 10.5 Å². The molecule has 0 unspecified atom stereocenters. The SMILES string of the molecule is COC(=O)c1cc(OCCN2CCCCC2)ncc1N. The molecule has 1 aromatic rings. The Bertz CT molecular complexity index is 459. The lowest BCUT2D eigenvalue weighted by molar-refractivity contribution is 0.0601. The number of ether oxygens (including phenoxy) is 2. The minimum Gasteiger partial charge on any atom is -0.476 e. The first-order valence-corrected chi connectivity index (χ1v) is 6.89. The van der Waals surface area contributed by atoms with Gasteiger partial charge in [0.25, 0.3) is 0 Å². The van der Waals surface area contributed by atoms with Crippen LogP contribution in [0.2, 0.25) is 0 Å². The number of hydrogen-bond acceptors (Lipinski definition) is 6. The van der Waals surface area contributed by atoms with E-state index in [1.165, 1.54) is 38.6 Å². The van der Waals surface area contributed by atoms with E-state index in [1.54, 1.807) is 0 Å². The number of aromatic nitrogens is 1. The highest BCUT2D eigenvalue weighted by Gasteiger charge is 2.13. The normalized spacial score (nSPS) is 15.8. The monoisotopic (exact) mass is 279 g/mol. The van der Waals surface area contributed by atoms with Crippen LogP contribution in [0.25, 0.3) is 0 Å². The van der Waals surface area contributed by atoms with Gasteiger partial charge in [-0.3, -0.25) is 4.90 Å². The number of piperidine rings is 1. The van der Waals surface area contributed by atoms with Gasteiger partial charge in [-0.25, -0.2) is 9.78 Å². The minimum atomic E-state index is -0.481. The Morgan fingerprint density at radius 3 is 2.85 bits per heavy atom. The molecular weight excluding hydrogens is 258 g/mol. The van der Waals surface area contributed by atoms with Crippen LogP contribution in [0, 0.1) is 0 Å². The van der Waals surface area contributed by atoms with Crippen molar-refractivity contribution in [1.29, 1.82) is 0 Å². The van der Waals surface area contributed by atoms with Crippen LogP contribution in [0.15, 0.2) is 12.3 Å². The molecule has 6 heteroatoms. The van der Waals surface area contributed by atoms with Crippen LogP contribution in [0.5, 0.6) is 5.88 Å². The van der Waals surface area contributed by atoms with Gasteiger partial charge in [-0.1, -0.05) is 6.42 Å². The number of pyridine rings is 1. The highest BCUT2D eigenvalue weighted by Crippen LogP contribution is 2.17. The largest absolute Gasteiger partial charge is 0.476 e. The zero-order valence-corrected chi connectivity index (χ0v) is 11.8. The molecule has 2 heterocycles. The van der Waals surface area contributed by atoms with Gasteiger partial charge in [-0.2, -0.15) is 0 Å². The standard InChI is InChI=1S/C14H21N3O3/c1-19-14(18)11-9-13(16-10-12(11)15)20-8-7-17-5-3-2-4-6-17/h9-10H,2-8,15H2,1H3. The van der Waals surface area contributed by atoms with Crippen LogP contribution in [0.4, 0.5) is 5.69 Å². The van der Waals surface area contributed by atoms with Crippen molar-refractivity contribution in [3.63, 3.8) is 0 Å². The van der Waals surface area contributed by atoms with Crippen LogP contribution in [-0.2, 0) is 4.74 Å². The van der Waals surface area contributed by atoms with Crippen molar-refractivity contribution in [1.82, 2.24) is 9.88 Å². The fourth-order valence-electron chi connectivity index (χ4n) is 2.27. The van der Waals surface area contributed by atoms with E-state index < -0.39 is 5.97 Å². The van der Waals surface area contributed by atoms with Gasteiger partial charge in [0.15, 0.2) is 0 Å². The van der Waals surface area contributed by atoms with Crippen molar-refractivity contribution in [3.05, 3.63) is 17.8 Å². The van der Waals surface area contributed by atoms with E-state index in [0.29, 0.717) is 18.2 Å². The number of nitrogen functional groups attached to an aromatic ring is 1. The summed E-state index contributed by atoms with van der Waals surface area (Å²) >= 11 is 0. The summed E-state index contributed by atoms with van der Waals surface area (Å²) < 4.78 is 10.2. The van der Waals surface area contributed by atoms with Crippen molar-refractivity contribution in [2.45, 2.75) is 19.3 Å². The molecule has 1 aromatic heterocycles. The Hall–Kier alpha value is -1.82. The lowest BCUT2D eigenvalue weighted by Gasteiger charge is -2.26. The first-order valence-electron chi connectivity index (χ1n) is 6.89. The fraction of sp³-hybridized carbons (Fsp3) is 0.571. The summed E-state index contributed by atoms with van der Waals surface area (Å²) in [5.74, 6) is -0.0811. The maximum absolute atomic E-state index is 11.5. The Labute approximate surface area is 118 Å². The Morgan fingerprint density at radius 1 is 1.40 bits per heavy atom. The summed E-state index contributed by atoms with van der Waals surface area (Å²) in [5.41, 5.74) is 6.26. The van der Waals surface area contributed by atoms with Crippen molar-refractivity contribution in [2.24, 2.45) is 0 Å².